The SMILES string of the molecule is COC(=O)[C@@H]1C[C@@H](S(=O)(=O)O)CN1. The minimum absolute atomic E-state index is 0.0610. The molecule has 0 aromatic rings. The van der Waals surface area contributed by atoms with Crippen LogP contribution in [0.4, 0.5) is 0 Å². The van der Waals surface area contributed by atoms with Gasteiger partial charge in [0.1, 0.15) is 11.3 Å². The zero-order valence-electron chi connectivity index (χ0n) is 7.06. The number of carbonyl (C=O) groups is 1. The summed E-state index contributed by atoms with van der Waals surface area (Å²) in [5, 5.41) is 1.74. The molecule has 1 saturated heterocycles. The molecule has 2 N–H and O–H groups in total. The molecule has 1 fully saturated rings. The molecule has 0 aromatic heterocycles. The Balaban J connectivity index is 2.60. The number of nitrogens with one attached hydrogen (secondary N) is 1. The maximum absolute atomic E-state index is 10.9. The van der Waals surface area contributed by atoms with E-state index in [1.807, 2.05) is 0 Å². The van der Waals surface area contributed by atoms with Gasteiger partial charge in [0.25, 0.3) is 10.1 Å². The zero-order valence-corrected chi connectivity index (χ0v) is 7.87. The third-order valence-electron chi connectivity index (χ3n) is 2.00. The summed E-state index contributed by atoms with van der Waals surface area (Å²) in [4.78, 5) is 10.9. The van der Waals surface area contributed by atoms with Crippen LogP contribution in [-0.4, -0.2) is 43.9 Å². The Hall–Kier alpha value is -0.660. The highest BCUT2D eigenvalue weighted by Gasteiger charge is 2.36. The molecule has 0 amide bonds. The van der Waals surface area contributed by atoms with E-state index in [1.165, 1.54) is 7.11 Å². The average Bonchev–Trinajstić information content (AvgIpc) is 2.50. The number of esters is 1. The Morgan fingerprint density at radius 2 is 2.23 bits per heavy atom. The van der Waals surface area contributed by atoms with Gasteiger partial charge < -0.3 is 10.1 Å². The van der Waals surface area contributed by atoms with Crippen molar-refractivity contribution in [1.29, 1.82) is 0 Å². The van der Waals surface area contributed by atoms with Crippen molar-refractivity contribution in [2.75, 3.05) is 13.7 Å². The molecule has 6 nitrogen and oxygen atoms in total. The predicted octanol–water partition coefficient (Wildman–Crippen LogP) is -1.22. The monoisotopic (exact) mass is 209 g/mol. The Kier molecular flexibility index (Phi) is 2.89. The van der Waals surface area contributed by atoms with Crippen LogP contribution in [0.2, 0.25) is 0 Å². The molecule has 7 heteroatoms. The molecule has 0 spiro atoms. The second-order valence-electron chi connectivity index (χ2n) is 2.86. The zero-order chi connectivity index (χ0) is 10.1. The van der Waals surface area contributed by atoms with Crippen molar-refractivity contribution in [3.63, 3.8) is 0 Å². The lowest BCUT2D eigenvalue weighted by Crippen LogP contribution is -2.31. The van der Waals surface area contributed by atoms with E-state index in [1.54, 1.807) is 0 Å². The minimum atomic E-state index is -4.05. The first-order chi connectivity index (χ1) is 5.95. The van der Waals surface area contributed by atoms with Gasteiger partial charge in [0, 0.05) is 6.54 Å². The topological polar surface area (TPSA) is 92.7 Å². The van der Waals surface area contributed by atoms with Crippen LogP contribution in [0.5, 0.6) is 0 Å². The second kappa shape index (κ2) is 3.60. The quantitative estimate of drug-likeness (QED) is 0.437. The van der Waals surface area contributed by atoms with Crippen LogP contribution in [0.25, 0.3) is 0 Å². The van der Waals surface area contributed by atoms with E-state index in [-0.39, 0.29) is 13.0 Å². The van der Waals surface area contributed by atoms with Crippen molar-refractivity contribution in [3.8, 4) is 0 Å². The fourth-order valence-corrected chi connectivity index (χ4v) is 1.99. The third-order valence-corrected chi connectivity index (χ3v) is 3.20. The molecule has 1 heterocycles. The lowest BCUT2D eigenvalue weighted by Gasteiger charge is -2.06. The summed E-state index contributed by atoms with van der Waals surface area (Å²) in [6.07, 6.45) is 0.0610. The summed E-state index contributed by atoms with van der Waals surface area (Å²) in [6, 6.07) is -0.628. The first-order valence-corrected chi connectivity index (χ1v) is 5.23. The predicted molar refractivity (Wildman–Crippen MR) is 43.8 cm³/mol. The number of hydrogen-bond acceptors (Lipinski definition) is 5. The van der Waals surface area contributed by atoms with Crippen molar-refractivity contribution in [2.45, 2.75) is 17.7 Å². The fourth-order valence-electron chi connectivity index (χ4n) is 1.25. The molecule has 0 bridgehead atoms. The van der Waals surface area contributed by atoms with E-state index in [9.17, 15) is 13.2 Å². The molecule has 1 aliphatic rings. The summed E-state index contributed by atoms with van der Waals surface area (Å²) in [5.41, 5.74) is 0. The van der Waals surface area contributed by atoms with Crippen LogP contribution in [0.1, 0.15) is 6.42 Å². The maximum atomic E-state index is 10.9. The number of hydrogen-bond donors (Lipinski definition) is 2. The molecule has 0 aliphatic carbocycles. The molecule has 76 valence electrons. The molecular formula is C6H11NO5S. The summed E-state index contributed by atoms with van der Waals surface area (Å²) >= 11 is 0. The first-order valence-electron chi connectivity index (χ1n) is 3.72. The smallest absolute Gasteiger partial charge is 0.322 e. The van der Waals surface area contributed by atoms with Crippen LogP contribution in [0, 0.1) is 0 Å². The average molecular weight is 209 g/mol. The summed E-state index contributed by atoms with van der Waals surface area (Å²) in [7, 11) is -2.82. The van der Waals surface area contributed by atoms with E-state index in [2.05, 4.69) is 10.1 Å². The van der Waals surface area contributed by atoms with Gasteiger partial charge in [-0.15, -0.1) is 0 Å². The minimum Gasteiger partial charge on any atom is -0.468 e. The van der Waals surface area contributed by atoms with Crippen LogP contribution in [0.3, 0.4) is 0 Å². The summed E-state index contributed by atoms with van der Waals surface area (Å²) in [6.45, 7) is 0.0819. The van der Waals surface area contributed by atoms with Gasteiger partial charge in [-0.3, -0.25) is 9.35 Å². The van der Waals surface area contributed by atoms with Gasteiger partial charge in [-0.2, -0.15) is 8.42 Å². The van der Waals surface area contributed by atoms with Crippen molar-refractivity contribution in [3.05, 3.63) is 0 Å². The first kappa shape index (κ1) is 10.4. The highest BCUT2D eigenvalue weighted by molar-refractivity contribution is 7.86. The Bertz CT molecular complexity index is 298. The highest BCUT2D eigenvalue weighted by Crippen LogP contribution is 2.14. The van der Waals surface area contributed by atoms with Crippen LogP contribution in [0.15, 0.2) is 0 Å². The van der Waals surface area contributed by atoms with Gasteiger partial charge in [-0.25, -0.2) is 0 Å². The number of ether oxygens (including phenoxy) is 1. The molecule has 0 aromatic carbocycles. The second-order valence-corrected chi connectivity index (χ2v) is 4.55. The highest BCUT2D eigenvalue weighted by atomic mass is 32.2. The summed E-state index contributed by atoms with van der Waals surface area (Å²) < 4.78 is 34.4. The van der Waals surface area contributed by atoms with Crippen LogP contribution < -0.4 is 5.32 Å². The molecule has 0 radical (unpaired) electrons. The lowest BCUT2D eigenvalue weighted by molar-refractivity contribution is -0.142. The Morgan fingerprint density at radius 1 is 1.62 bits per heavy atom. The normalized spacial score (nSPS) is 28.8. The van der Waals surface area contributed by atoms with E-state index >= 15 is 0 Å². The van der Waals surface area contributed by atoms with Crippen molar-refractivity contribution >= 4 is 16.1 Å². The maximum Gasteiger partial charge on any atom is 0.322 e. The summed E-state index contributed by atoms with van der Waals surface area (Å²) in [5.74, 6) is -0.508. The molecule has 13 heavy (non-hydrogen) atoms. The van der Waals surface area contributed by atoms with Gasteiger partial charge in [0.05, 0.1) is 7.11 Å². The lowest BCUT2D eigenvalue weighted by atomic mass is 10.2. The standard InChI is InChI=1S/C6H11NO5S/c1-12-6(8)5-2-4(3-7-5)13(9,10)11/h4-5,7H,2-3H2,1H3,(H,9,10,11)/t4-,5+/m1/s1. The number of rotatable bonds is 2. The van der Waals surface area contributed by atoms with Crippen LogP contribution >= 0.6 is 0 Å². The molecule has 0 saturated carbocycles. The Labute approximate surface area is 76.0 Å². The van der Waals surface area contributed by atoms with Gasteiger partial charge in [-0.1, -0.05) is 0 Å². The van der Waals surface area contributed by atoms with Crippen molar-refractivity contribution in [1.82, 2.24) is 5.32 Å². The van der Waals surface area contributed by atoms with Gasteiger partial charge >= 0.3 is 5.97 Å². The van der Waals surface area contributed by atoms with Gasteiger partial charge in [-0.05, 0) is 6.42 Å². The molecule has 1 aliphatic heterocycles. The molecule has 1 rings (SSSR count). The van der Waals surface area contributed by atoms with Crippen molar-refractivity contribution in [2.24, 2.45) is 0 Å². The van der Waals surface area contributed by atoms with Gasteiger partial charge in [0.2, 0.25) is 0 Å². The number of methoxy groups -OCH3 is 1. The van der Waals surface area contributed by atoms with Crippen molar-refractivity contribution < 1.29 is 22.5 Å². The van der Waals surface area contributed by atoms with E-state index in [0.29, 0.717) is 0 Å². The Morgan fingerprint density at radius 3 is 2.62 bits per heavy atom. The fraction of sp³-hybridized carbons (Fsp3) is 0.833. The van der Waals surface area contributed by atoms with E-state index in [4.69, 9.17) is 4.55 Å². The van der Waals surface area contributed by atoms with E-state index in [0.717, 1.165) is 0 Å². The molecule has 2 atom stereocenters. The largest absolute Gasteiger partial charge is 0.468 e. The van der Waals surface area contributed by atoms with E-state index < -0.39 is 27.4 Å². The molecular weight excluding hydrogens is 198 g/mol. The molecule has 0 unspecified atom stereocenters. The number of carbonyl (C=O) groups excluding carboxylic acids is 1. The van der Waals surface area contributed by atoms with Gasteiger partial charge in [0.15, 0.2) is 0 Å². The van der Waals surface area contributed by atoms with Crippen LogP contribution in [-0.2, 0) is 19.6 Å². The third kappa shape index (κ3) is 2.39.